The molecule has 0 aromatic carbocycles. The first-order chi connectivity index (χ1) is 5.31. The Bertz CT molecular complexity index is 226. The van der Waals surface area contributed by atoms with E-state index >= 15 is 0 Å². The standard InChI is InChI=1S/C7H11N3S/c8-7(3-1-2-4-7)6-5-11-10-9-6/h5H,1-4,8H2. The Morgan fingerprint density at radius 2 is 2.18 bits per heavy atom. The molecule has 1 fully saturated rings. The molecule has 4 heteroatoms. The fourth-order valence-corrected chi connectivity index (χ4v) is 2.21. The van der Waals surface area contributed by atoms with Crippen molar-refractivity contribution in [1.29, 1.82) is 0 Å². The van der Waals surface area contributed by atoms with Crippen molar-refractivity contribution in [2.75, 3.05) is 0 Å². The molecule has 0 saturated heterocycles. The molecule has 1 saturated carbocycles. The van der Waals surface area contributed by atoms with Crippen LogP contribution in [0.15, 0.2) is 5.38 Å². The van der Waals surface area contributed by atoms with E-state index in [0.29, 0.717) is 0 Å². The topological polar surface area (TPSA) is 51.8 Å². The summed E-state index contributed by atoms with van der Waals surface area (Å²) >= 11 is 1.38. The highest BCUT2D eigenvalue weighted by atomic mass is 32.1. The minimum absolute atomic E-state index is 0.146. The van der Waals surface area contributed by atoms with E-state index in [4.69, 9.17) is 5.73 Å². The molecule has 2 N–H and O–H groups in total. The summed E-state index contributed by atoms with van der Waals surface area (Å²) in [5.74, 6) is 0. The average Bonchev–Trinajstić information content (AvgIpc) is 2.55. The van der Waals surface area contributed by atoms with Crippen molar-refractivity contribution in [2.24, 2.45) is 5.73 Å². The van der Waals surface area contributed by atoms with Crippen LogP contribution in [0.1, 0.15) is 31.4 Å². The number of nitrogens with two attached hydrogens (primary N) is 1. The maximum absolute atomic E-state index is 6.13. The lowest BCUT2D eigenvalue weighted by Gasteiger charge is -2.19. The predicted molar refractivity (Wildman–Crippen MR) is 44.2 cm³/mol. The normalized spacial score (nSPS) is 22.3. The second-order valence-corrected chi connectivity index (χ2v) is 3.76. The van der Waals surface area contributed by atoms with Crippen LogP contribution in [0.4, 0.5) is 0 Å². The maximum Gasteiger partial charge on any atom is 0.0953 e. The molecule has 11 heavy (non-hydrogen) atoms. The van der Waals surface area contributed by atoms with Crippen LogP contribution in [0.5, 0.6) is 0 Å². The van der Waals surface area contributed by atoms with Crippen molar-refractivity contribution in [3.05, 3.63) is 11.1 Å². The average molecular weight is 169 g/mol. The minimum atomic E-state index is -0.146. The van der Waals surface area contributed by atoms with Crippen molar-refractivity contribution >= 4 is 11.5 Å². The van der Waals surface area contributed by atoms with Gasteiger partial charge in [0.25, 0.3) is 0 Å². The molecule has 1 aliphatic carbocycles. The van der Waals surface area contributed by atoms with Gasteiger partial charge in [-0.25, -0.2) is 0 Å². The van der Waals surface area contributed by atoms with Crippen molar-refractivity contribution in [2.45, 2.75) is 31.2 Å². The molecule has 0 amide bonds. The van der Waals surface area contributed by atoms with Gasteiger partial charge < -0.3 is 5.73 Å². The summed E-state index contributed by atoms with van der Waals surface area (Å²) in [6.07, 6.45) is 4.60. The van der Waals surface area contributed by atoms with Crippen LogP contribution < -0.4 is 5.73 Å². The van der Waals surface area contributed by atoms with Gasteiger partial charge in [-0.15, -0.1) is 5.10 Å². The summed E-state index contributed by atoms with van der Waals surface area (Å²) in [4.78, 5) is 0. The van der Waals surface area contributed by atoms with E-state index in [1.54, 1.807) is 0 Å². The van der Waals surface area contributed by atoms with Gasteiger partial charge in [0, 0.05) is 5.38 Å². The minimum Gasteiger partial charge on any atom is -0.320 e. The second kappa shape index (κ2) is 2.53. The van der Waals surface area contributed by atoms with Crippen molar-refractivity contribution < 1.29 is 0 Å². The number of hydrogen-bond acceptors (Lipinski definition) is 4. The number of aromatic nitrogens is 2. The largest absolute Gasteiger partial charge is 0.320 e. The van der Waals surface area contributed by atoms with Gasteiger partial charge in [0.15, 0.2) is 0 Å². The molecule has 0 radical (unpaired) electrons. The molecule has 60 valence electrons. The van der Waals surface area contributed by atoms with Gasteiger partial charge in [-0.05, 0) is 24.4 Å². The zero-order chi connectivity index (χ0) is 7.73. The highest BCUT2D eigenvalue weighted by molar-refractivity contribution is 7.03. The first-order valence-electron chi connectivity index (χ1n) is 3.88. The van der Waals surface area contributed by atoms with Crippen LogP contribution in [0.25, 0.3) is 0 Å². The lowest BCUT2D eigenvalue weighted by molar-refractivity contribution is 0.446. The van der Waals surface area contributed by atoms with Crippen molar-refractivity contribution in [3.8, 4) is 0 Å². The van der Waals surface area contributed by atoms with E-state index in [-0.39, 0.29) is 5.54 Å². The lowest BCUT2D eigenvalue weighted by atomic mass is 9.96. The molecule has 0 spiro atoms. The summed E-state index contributed by atoms with van der Waals surface area (Å²) in [5.41, 5.74) is 6.97. The van der Waals surface area contributed by atoms with E-state index in [9.17, 15) is 0 Å². The maximum atomic E-state index is 6.13. The van der Waals surface area contributed by atoms with Crippen molar-refractivity contribution in [3.63, 3.8) is 0 Å². The van der Waals surface area contributed by atoms with Crippen molar-refractivity contribution in [1.82, 2.24) is 9.59 Å². The van der Waals surface area contributed by atoms with Gasteiger partial charge in [-0.2, -0.15) is 0 Å². The number of rotatable bonds is 1. The third-order valence-electron chi connectivity index (χ3n) is 2.37. The zero-order valence-electron chi connectivity index (χ0n) is 6.29. The van der Waals surface area contributed by atoms with Crippen LogP contribution in [-0.4, -0.2) is 9.59 Å². The van der Waals surface area contributed by atoms with Crippen LogP contribution in [0.2, 0.25) is 0 Å². The zero-order valence-corrected chi connectivity index (χ0v) is 7.10. The van der Waals surface area contributed by atoms with Crippen LogP contribution in [0, 0.1) is 0 Å². The lowest BCUT2D eigenvalue weighted by Crippen LogP contribution is -2.33. The molecule has 0 aliphatic heterocycles. The molecule has 1 aromatic heterocycles. The molecule has 0 atom stereocenters. The Morgan fingerprint density at radius 3 is 2.73 bits per heavy atom. The molecule has 1 heterocycles. The first-order valence-corrected chi connectivity index (χ1v) is 4.71. The molecule has 1 aromatic rings. The summed E-state index contributed by atoms with van der Waals surface area (Å²) in [6, 6.07) is 0. The third kappa shape index (κ3) is 1.16. The fraction of sp³-hybridized carbons (Fsp3) is 0.714. The van der Waals surface area contributed by atoms with Gasteiger partial charge in [0.2, 0.25) is 0 Å². The Balaban J connectivity index is 2.27. The first kappa shape index (κ1) is 7.18. The van der Waals surface area contributed by atoms with Gasteiger partial charge in [0.05, 0.1) is 11.2 Å². The highest BCUT2D eigenvalue weighted by Crippen LogP contribution is 2.35. The molecular weight excluding hydrogens is 158 g/mol. The highest BCUT2D eigenvalue weighted by Gasteiger charge is 2.33. The molecule has 1 aliphatic rings. The van der Waals surface area contributed by atoms with Crippen LogP contribution in [0.3, 0.4) is 0 Å². The monoisotopic (exact) mass is 169 g/mol. The SMILES string of the molecule is NC1(c2csnn2)CCCC1. The van der Waals surface area contributed by atoms with E-state index in [1.807, 2.05) is 5.38 Å². The van der Waals surface area contributed by atoms with Gasteiger partial charge in [-0.3, -0.25) is 0 Å². The Kier molecular flexibility index (Phi) is 1.65. The van der Waals surface area contributed by atoms with E-state index in [2.05, 4.69) is 9.59 Å². The fourth-order valence-electron chi connectivity index (χ4n) is 1.64. The second-order valence-electron chi connectivity index (χ2n) is 3.15. The molecule has 3 nitrogen and oxygen atoms in total. The van der Waals surface area contributed by atoms with Gasteiger partial charge in [0.1, 0.15) is 0 Å². The van der Waals surface area contributed by atoms with Crippen LogP contribution >= 0.6 is 11.5 Å². The van der Waals surface area contributed by atoms with Crippen LogP contribution in [-0.2, 0) is 5.54 Å². The summed E-state index contributed by atoms with van der Waals surface area (Å²) in [7, 11) is 0. The third-order valence-corrected chi connectivity index (χ3v) is 2.87. The molecular formula is C7H11N3S. The Hall–Kier alpha value is -0.480. The summed E-state index contributed by atoms with van der Waals surface area (Å²) in [5, 5.41) is 5.98. The van der Waals surface area contributed by atoms with E-state index in [1.165, 1.54) is 24.4 Å². The summed E-state index contributed by atoms with van der Waals surface area (Å²) in [6.45, 7) is 0. The molecule has 0 bridgehead atoms. The molecule has 0 unspecified atom stereocenters. The smallest absolute Gasteiger partial charge is 0.0953 e. The molecule has 2 rings (SSSR count). The summed E-state index contributed by atoms with van der Waals surface area (Å²) < 4.78 is 3.82. The number of nitrogens with zero attached hydrogens (tertiary/aromatic N) is 2. The van der Waals surface area contributed by atoms with Gasteiger partial charge >= 0.3 is 0 Å². The quantitative estimate of drug-likeness (QED) is 0.688. The van der Waals surface area contributed by atoms with E-state index < -0.39 is 0 Å². The predicted octanol–water partition coefficient (Wildman–Crippen LogP) is 1.27. The Labute approximate surface area is 69.8 Å². The van der Waals surface area contributed by atoms with E-state index in [0.717, 1.165) is 18.5 Å². The Morgan fingerprint density at radius 1 is 1.45 bits per heavy atom. The van der Waals surface area contributed by atoms with Gasteiger partial charge in [-0.1, -0.05) is 17.3 Å². The number of hydrogen-bond donors (Lipinski definition) is 1.